The first kappa shape index (κ1) is 15.9. The molecule has 0 spiro atoms. The van der Waals surface area contributed by atoms with Crippen LogP contribution < -0.4 is 5.73 Å². The molecular weight excluding hydrogens is 282 g/mol. The lowest BCUT2D eigenvalue weighted by molar-refractivity contribution is 0.620. The largest absolute Gasteiger partial charge is 0.369 e. The predicted molar refractivity (Wildman–Crippen MR) is 89.7 cm³/mol. The molecular formula is C17H24ClN3. The summed E-state index contributed by atoms with van der Waals surface area (Å²) in [5.74, 6) is 1.22. The fraction of sp³-hybridized carbons (Fsp3) is 0.471. The summed E-state index contributed by atoms with van der Waals surface area (Å²) in [4.78, 5) is 6.54. The van der Waals surface area contributed by atoms with E-state index in [0.717, 1.165) is 23.1 Å². The molecule has 1 atom stereocenters. The summed E-state index contributed by atoms with van der Waals surface area (Å²) in [5.41, 5.74) is 9.64. The quantitative estimate of drug-likeness (QED) is 0.843. The van der Waals surface area contributed by atoms with Gasteiger partial charge in [-0.3, -0.25) is 0 Å². The zero-order chi connectivity index (χ0) is 15.6. The van der Waals surface area contributed by atoms with Crippen LogP contribution in [0.25, 0.3) is 0 Å². The maximum Gasteiger partial charge on any atom is 0.197 e. The van der Waals surface area contributed by atoms with Crippen LogP contribution in [-0.2, 0) is 6.42 Å². The minimum atomic E-state index is 0.484. The van der Waals surface area contributed by atoms with Crippen molar-refractivity contribution in [2.75, 3.05) is 5.73 Å². The number of hydrogen-bond acceptors (Lipinski definition) is 2. The van der Waals surface area contributed by atoms with Crippen LogP contribution in [0.3, 0.4) is 0 Å². The molecule has 0 saturated heterocycles. The highest BCUT2D eigenvalue weighted by molar-refractivity contribution is 6.30. The Kier molecular flexibility index (Phi) is 4.62. The molecule has 2 aromatic rings. The van der Waals surface area contributed by atoms with Gasteiger partial charge in [-0.05, 0) is 54.4 Å². The lowest BCUT2D eigenvalue weighted by atomic mass is 9.97. The average Bonchev–Trinajstić information content (AvgIpc) is 2.88. The van der Waals surface area contributed by atoms with E-state index in [2.05, 4.69) is 42.9 Å². The Labute approximate surface area is 131 Å². The summed E-state index contributed by atoms with van der Waals surface area (Å²) in [6.07, 6.45) is 4.11. The first-order valence-corrected chi connectivity index (χ1v) is 7.76. The van der Waals surface area contributed by atoms with Crippen LogP contribution in [0.5, 0.6) is 0 Å². The molecule has 1 aliphatic carbocycles. The lowest BCUT2D eigenvalue weighted by Crippen LogP contribution is -1.95. The van der Waals surface area contributed by atoms with Gasteiger partial charge in [0.1, 0.15) is 0 Å². The van der Waals surface area contributed by atoms with Crippen molar-refractivity contribution in [3.63, 3.8) is 0 Å². The number of aromatic nitrogens is 2. The van der Waals surface area contributed by atoms with E-state index >= 15 is 0 Å². The SMILES string of the molecule is CCc1ccc(Cl)cc1[C@@H]1CC1(C)C.Cc1cnc(N)[nH]1. The summed E-state index contributed by atoms with van der Waals surface area (Å²) >= 11 is 6.04. The summed E-state index contributed by atoms with van der Waals surface area (Å²) in [6.45, 7) is 8.78. The van der Waals surface area contributed by atoms with E-state index in [1.54, 1.807) is 6.20 Å². The summed E-state index contributed by atoms with van der Waals surface area (Å²) in [6, 6.07) is 6.32. The molecule has 1 heterocycles. The highest BCUT2D eigenvalue weighted by Crippen LogP contribution is 2.59. The molecule has 0 unspecified atom stereocenters. The zero-order valence-corrected chi connectivity index (χ0v) is 14.0. The molecule has 1 saturated carbocycles. The van der Waals surface area contributed by atoms with Gasteiger partial charge in [0, 0.05) is 16.9 Å². The third-order valence-electron chi connectivity index (χ3n) is 4.10. The minimum absolute atomic E-state index is 0.484. The van der Waals surface area contributed by atoms with Crippen molar-refractivity contribution < 1.29 is 0 Å². The first-order valence-electron chi connectivity index (χ1n) is 7.39. The fourth-order valence-corrected chi connectivity index (χ4v) is 2.82. The Hall–Kier alpha value is -1.48. The number of nitrogen functional groups attached to an aromatic ring is 1. The topological polar surface area (TPSA) is 54.7 Å². The van der Waals surface area contributed by atoms with Crippen molar-refractivity contribution in [1.82, 2.24) is 9.97 Å². The number of nitrogens with zero attached hydrogens (tertiary/aromatic N) is 1. The fourth-order valence-electron chi connectivity index (χ4n) is 2.64. The van der Waals surface area contributed by atoms with Gasteiger partial charge in [-0.1, -0.05) is 38.4 Å². The molecule has 0 radical (unpaired) electrons. The number of rotatable bonds is 2. The number of nitrogens with two attached hydrogens (primary N) is 1. The standard InChI is InChI=1S/C13H17Cl.C4H7N3/c1-4-9-5-6-10(14)7-11(9)12-8-13(12,2)3;1-3-2-6-4(5)7-3/h5-7,12H,4,8H2,1-3H3;2H,1H3,(H3,5,6,7)/t12-;/m0./s1. The Morgan fingerprint density at radius 2 is 2.10 bits per heavy atom. The molecule has 21 heavy (non-hydrogen) atoms. The highest BCUT2D eigenvalue weighted by Gasteiger charge is 2.47. The Morgan fingerprint density at radius 1 is 1.43 bits per heavy atom. The summed E-state index contributed by atoms with van der Waals surface area (Å²) in [5, 5.41) is 0.875. The normalized spacial score (nSPS) is 18.8. The van der Waals surface area contributed by atoms with Crippen molar-refractivity contribution in [3.05, 3.63) is 46.2 Å². The monoisotopic (exact) mass is 305 g/mol. The van der Waals surface area contributed by atoms with Crippen LogP contribution in [0.2, 0.25) is 5.02 Å². The van der Waals surface area contributed by atoms with Gasteiger partial charge >= 0.3 is 0 Å². The lowest BCUT2D eigenvalue weighted by Gasteiger charge is -2.09. The molecule has 114 valence electrons. The van der Waals surface area contributed by atoms with E-state index in [-0.39, 0.29) is 0 Å². The third-order valence-corrected chi connectivity index (χ3v) is 4.34. The highest BCUT2D eigenvalue weighted by atomic mass is 35.5. The first-order chi connectivity index (χ1) is 9.83. The van der Waals surface area contributed by atoms with E-state index in [9.17, 15) is 0 Å². The molecule has 3 nitrogen and oxygen atoms in total. The molecule has 3 N–H and O–H groups in total. The van der Waals surface area contributed by atoms with Gasteiger partial charge in [0.2, 0.25) is 0 Å². The molecule has 0 aliphatic heterocycles. The molecule has 1 aliphatic rings. The van der Waals surface area contributed by atoms with E-state index in [0.29, 0.717) is 11.4 Å². The van der Waals surface area contributed by atoms with Gasteiger partial charge in [-0.15, -0.1) is 0 Å². The van der Waals surface area contributed by atoms with Crippen LogP contribution in [0.4, 0.5) is 5.95 Å². The van der Waals surface area contributed by atoms with Crippen molar-refractivity contribution in [2.45, 2.75) is 46.5 Å². The van der Waals surface area contributed by atoms with E-state index in [1.165, 1.54) is 17.5 Å². The third kappa shape index (κ3) is 4.01. The van der Waals surface area contributed by atoms with Crippen molar-refractivity contribution in [1.29, 1.82) is 0 Å². The molecule has 0 amide bonds. The molecule has 1 aromatic heterocycles. The number of imidazole rings is 1. The summed E-state index contributed by atoms with van der Waals surface area (Å²) in [7, 11) is 0. The van der Waals surface area contributed by atoms with Crippen LogP contribution in [0.15, 0.2) is 24.4 Å². The number of H-pyrrole nitrogens is 1. The maximum absolute atomic E-state index is 6.04. The number of hydrogen-bond donors (Lipinski definition) is 2. The average molecular weight is 306 g/mol. The minimum Gasteiger partial charge on any atom is -0.369 e. The molecule has 1 aromatic carbocycles. The summed E-state index contributed by atoms with van der Waals surface area (Å²) < 4.78 is 0. The van der Waals surface area contributed by atoms with Crippen LogP contribution >= 0.6 is 11.6 Å². The van der Waals surface area contributed by atoms with Crippen LogP contribution in [-0.4, -0.2) is 9.97 Å². The number of nitrogens with one attached hydrogen (secondary N) is 1. The van der Waals surface area contributed by atoms with E-state index in [4.69, 9.17) is 17.3 Å². The smallest absolute Gasteiger partial charge is 0.197 e. The second-order valence-corrected chi connectivity index (χ2v) is 6.83. The van der Waals surface area contributed by atoms with Crippen molar-refractivity contribution in [2.24, 2.45) is 5.41 Å². The van der Waals surface area contributed by atoms with Crippen molar-refractivity contribution in [3.8, 4) is 0 Å². The van der Waals surface area contributed by atoms with E-state index < -0.39 is 0 Å². The van der Waals surface area contributed by atoms with Crippen molar-refractivity contribution >= 4 is 17.5 Å². The number of aromatic amines is 1. The number of benzene rings is 1. The van der Waals surface area contributed by atoms with Gasteiger partial charge in [-0.2, -0.15) is 0 Å². The second-order valence-electron chi connectivity index (χ2n) is 6.39. The maximum atomic E-state index is 6.04. The molecule has 4 heteroatoms. The Balaban J connectivity index is 0.000000194. The Morgan fingerprint density at radius 3 is 2.48 bits per heavy atom. The van der Waals surface area contributed by atoms with Gasteiger partial charge in [0.25, 0.3) is 0 Å². The molecule has 1 fully saturated rings. The molecule has 3 rings (SSSR count). The van der Waals surface area contributed by atoms with Gasteiger partial charge < -0.3 is 10.7 Å². The van der Waals surface area contributed by atoms with Crippen LogP contribution in [0.1, 0.15) is 49.9 Å². The van der Waals surface area contributed by atoms with Gasteiger partial charge in [-0.25, -0.2) is 4.98 Å². The predicted octanol–water partition coefficient (Wildman–Crippen LogP) is 4.72. The number of anilines is 1. The van der Waals surface area contributed by atoms with Gasteiger partial charge in [0.15, 0.2) is 5.95 Å². The number of aryl methyl sites for hydroxylation is 2. The molecule has 0 bridgehead atoms. The zero-order valence-electron chi connectivity index (χ0n) is 13.2. The van der Waals surface area contributed by atoms with Crippen LogP contribution in [0, 0.1) is 12.3 Å². The van der Waals surface area contributed by atoms with E-state index in [1.807, 2.05) is 13.0 Å². The number of halogens is 1. The second kappa shape index (κ2) is 6.10. The van der Waals surface area contributed by atoms with Gasteiger partial charge in [0.05, 0.1) is 0 Å². The Bertz CT molecular complexity index is 600.